The molecule has 2 heterocycles. The maximum Gasteiger partial charge on any atom is 0.135 e. The molecule has 1 aromatic heterocycles. The molecular weight excluding hydrogens is 488 g/mol. The van der Waals surface area contributed by atoms with Gasteiger partial charge in [0.25, 0.3) is 0 Å². The van der Waals surface area contributed by atoms with Gasteiger partial charge in [-0.1, -0.05) is 97.1 Å². The molecule has 0 spiro atoms. The zero-order chi connectivity index (χ0) is 26.6. The summed E-state index contributed by atoms with van der Waals surface area (Å²) < 4.78 is 2.13. The van der Waals surface area contributed by atoms with Crippen LogP contribution in [0.1, 0.15) is 5.56 Å². The van der Waals surface area contributed by atoms with Gasteiger partial charge < -0.3 is 10.6 Å². The molecule has 190 valence electrons. The van der Waals surface area contributed by atoms with Crippen molar-refractivity contribution < 1.29 is 0 Å². The topological polar surface area (TPSA) is 46.5 Å². The number of nitrogens with zero attached hydrogens (tertiary/aromatic N) is 3. The number of fused-ring (bicyclic) bond motifs is 4. The summed E-state index contributed by atoms with van der Waals surface area (Å²) >= 11 is 0. The van der Waals surface area contributed by atoms with Crippen LogP contribution in [0.15, 0.2) is 138 Å². The summed E-state index contributed by atoms with van der Waals surface area (Å²) in [6, 6.07) is 46.9. The summed E-state index contributed by atoms with van der Waals surface area (Å²) in [6.07, 6.45) is 0. The third kappa shape index (κ3) is 3.50. The summed E-state index contributed by atoms with van der Waals surface area (Å²) in [5.74, 6) is 0.644. The largest absolute Gasteiger partial charge is 0.383 e. The summed E-state index contributed by atoms with van der Waals surface area (Å²) in [7, 11) is 0. The lowest BCUT2D eigenvalue weighted by Gasteiger charge is -2.19. The van der Waals surface area contributed by atoms with Crippen molar-refractivity contribution in [1.82, 2.24) is 4.57 Å². The molecule has 0 radical (unpaired) electrons. The smallest absolute Gasteiger partial charge is 0.135 e. The second kappa shape index (κ2) is 8.85. The molecule has 0 aliphatic carbocycles. The molecule has 0 unspecified atom stereocenters. The number of anilines is 3. The molecule has 6 aromatic carbocycles. The van der Waals surface area contributed by atoms with E-state index in [1.165, 1.54) is 21.5 Å². The fourth-order valence-electron chi connectivity index (χ4n) is 6.03. The highest BCUT2D eigenvalue weighted by atomic mass is 15.2. The molecule has 0 bridgehead atoms. The molecule has 40 heavy (non-hydrogen) atoms. The lowest BCUT2D eigenvalue weighted by atomic mass is 10.1. The summed E-state index contributed by atoms with van der Waals surface area (Å²) in [4.78, 5) is 7.65. The minimum absolute atomic E-state index is 0.644. The van der Waals surface area contributed by atoms with Gasteiger partial charge in [0.1, 0.15) is 11.5 Å². The number of rotatable bonds is 3. The first kappa shape index (κ1) is 22.6. The Labute approximate surface area is 232 Å². The van der Waals surface area contributed by atoms with Crippen molar-refractivity contribution in [2.45, 2.75) is 0 Å². The lowest BCUT2D eigenvalue weighted by Crippen LogP contribution is -2.16. The average molecular weight is 515 g/mol. The van der Waals surface area contributed by atoms with Crippen molar-refractivity contribution >= 4 is 61.0 Å². The van der Waals surface area contributed by atoms with E-state index in [1.54, 1.807) is 0 Å². The highest BCUT2D eigenvalue weighted by Gasteiger charge is 2.27. The van der Waals surface area contributed by atoms with E-state index in [-0.39, 0.29) is 0 Å². The first-order valence-corrected chi connectivity index (χ1v) is 13.6. The van der Waals surface area contributed by atoms with E-state index in [4.69, 9.17) is 10.7 Å². The van der Waals surface area contributed by atoms with E-state index in [0.717, 1.165) is 44.9 Å². The van der Waals surface area contributed by atoms with Crippen LogP contribution in [0.5, 0.6) is 0 Å². The third-order valence-corrected chi connectivity index (χ3v) is 7.98. The number of nitrogens with two attached hydrogens (primary N) is 1. The first-order chi connectivity index (χ1) is 19.7. The van der Waals surface area contributed by atoms with Gasteiger partial charge in [-0.15, -0.1) is 0 Å². The van der Waals surface area contributed by atoms with E-state index in [1.807, 2.05) is 0 Å². The highest BCUT2D eigenvalue weighted by molar-refractivity contribution is 6.16. The Kier molecular flexibility index (Phi) is 5.01. The predicted octanol–water partition coefficient (Wildman–Crippen LogP) is 8.79. The van der Waals surface area contributed by atoms with Crippen LogP contribution in [-0.2, 0) is 0 Å². The zero-order valence-electron chi connectivity index (χ0n) is 21.8. The van der Waals surface area contributed by atoms with Gasteiger partial charge in [0.15, 0.2) is 0 Å². The van der Waals surface area contributed by atoms with Crippen LogP contribution in [0.2, 0.25) is 0 Å². The molecule has 4 nitrogen and oxygen atoms in total. The van der Waals surface area contributed by atoms with Gasteiger partial charge in [0.05, 0.1) is 23.5 Å². The monoisotopic (exact) mass is 514 g/mol. The van der Waals surface area contributed by atoms with Gasteiger partial charge in [-0.25, -0.2) is 4.99 Å². The second-order valence-corrected chi connectivity index (χ2v) is 10.3. The van der Waals surface area contributed by atoms with Gasteiger partial charge in [0.2, 0.25) is 0 Å². The zero-order valence-corrected chi connectivity index (χ0v) is 21.8. The Hall–Kier alpha value is -5.35. The van der Waals surface area contributed by atoms with Crippen molar-refractivity contribution in [2.24, 2.45) is 4.99 Å². The van der Waals surface area contributed by atoms with Gasteiger partial charge in [-0.05, 0) is 57.9 Å². The molecule has 2 N–H and O–H groups in total. The predicted molar refractivity (Wildman–Crippen MR) is 169 cm³/mol. The fraction of sp³-hybridized carbons (Fsp3) is 0.0278. The van der Waals surface area contributed by atoms with Crippen LogP contribution in [-0.4, -0.2) is 16.8 Å². The minimum atomic E-state index is 0.644. The molecule has 0 atom stereocenters. The Morgan fingerprint density at radius 1 is 0.575 bits per heavy atom. The standard InChI is InChI=1S/C36H26N4/c37-36-35(31-14-6-8-16-34(31)40(36)29-20-18-25-10-2-4-12-27(25)22-29)38-32-23-39(33-15-7-5-13-30(32)33)28-19-17-24-9-1-3-11-26(24)21-28/h1-22H,23,37H2. The van der Waals surface area contributed by atoms with Crippen LogP contribution in [0.3, 0.4) is 0 Å². The van der Waals surface area contributed by atoms with E-state index in [9.17, 15) is 0 Å². The number of benzene rings is 6. The maximum absolute atomic E-state index is 6.94. The summed E-state index contributed by atoms with van der Waals surface area (Å²) in [5, 5.41) is 5.90. The average Bonchev–Trinajstić information content (AvgIpc) is 3.51. The van der Waals surface area contributed by atoms with Gasteiger partial charge >= 0.3 is 0 Å². The molecule has 0 amide bonds. The number of aromatic nitrogens is 1. The molecule has 0 saturated carbocycles. The molecule has 1 aliphatic heterocycles. The molecule has 0 fully saturated rings. The van der Waals surface area contributed by atoms with Gasteiger partial charge in [-0.2, -0.15) is 0 Å². The van der Waals surface area contributed by atoms with Crippen LogP contribution >= 0.6 is 0 Å². The third-order valence-electron chi connectivity index (χ3n) is 7.98. The van der Waals surface area contributed by atoms with Crippen molar-refractivity contribution in [3.8, 4) is 5.69 Å². The number of aliphatic imine (C=N–C) groups is 1. The molecular formula is C36H26N4. The second-order valence-electron chi connectivity index (χ2n) is 10.3. The van der Waals surface area contributed by atoms with Crippen LogP contribution in [0, 0.1) is 0 Å². The summed E-state index contributed by atoms with van der Waals surface area (Å²) in [6.45, 7) is 0.673. The normalized spacial score (nSPS) is 14.0. The number of hydrogen-bond donors (Lipinski definition) is 1. The fourth-order valence-corrected chi connectivity index (χ4v) is 6.03. The van der Waals surface area contributed by atoms with Crippen molar-refractivity contribution in [1.29, 1.82) is 0 Å². The maximum atomic E-state index is 6.94. The quantitative estimate of drug-likeness (QED) is 0.256. The summed E-state index contributed by atoms with van der Waals surface area (Å²) in [5.41, 5.74) is 14.3. The van der Waals surface area contributed by atoms with E-state index >= 15 is 0 Å². The lowest BCUT2D eigenvalue weighted by molar-refractivity contribution is 1.14. The molecule has 8 rings (SSSR count). The molecule has 1 aliphatic rings. The number of para-hydroxylation sites is 2. The SMILES string of the molecule is Nc1c(N=C2CN(c3ccc4ccccc4c3)c3ccccc32)c2ccccc2n1-c1ccc2ccccc2c1. The van der Waals surface area contributed by atoms with E-state index < -0.39 is 0 Å². The Morgan fingerprint density at radius 3 is 1.95 bits per heavy atom. The van der Waals surface area contributed by atoms with Crippen molar-refractivity contribution in [2.75, 3.05) is 17.2 Å². The van der Waals surface area contributed by atoms with Crippen LogP contribution < -0.4 is 10.6 Å². The number of hydrogen-bond acceptors (Lipinski definition) is 3. The van der Waals surface area contributed by atoms with Crippen molar-refractivity contribution in [3.05, 3.63) is 139 Å². The van der Waals surface area contributed by atoms with Gasteiger partial charge in [0, 0.05) is 22.3 Å². The van der Waals surface area contributed by atoms with E-state index in [0.29, 0.717) is 12.4 Å². The highest BCUT2D eigenvalue weighted by Crippen LogP contribution is 2.41. The molecule has 7 aromatic rings. The van der Waals surface area contributed by atoms with Crippen LogP contribution in [0.25, 0.3) is 38.1 Å². The van der Waals surface area contributed by atoms with E-state index in [2.05, 4.69) is 143 Å². The number of nitrogen functional groups attached to an aromatic ring is 1. The Bertz CT molecular complexity index is 2120. The molecule has 0 saturated heterocycles. The Morgan fingerprint density at radius 2 is 1.18 bits per heavy atom. The van der Waals surface area contributed by atoms with Crippen LogP contribution in [0.4, 0.5) is 22.9 Å². The molecule has 4 heteroatoms. The Balaban J connectivity index is 1.28. The minimum Gasteiger partial charge on any atom is -0.383 e. The first-order valence-electron chi connectivity index (χ1n) is 13.6. The van der Waals surface area contributed by atoms with Crippen molar-refractivity contribution in [3.63, 3.8) is 0 Å². The van der Waals surface area contributed by atoms with Gasteiger partial charge in [-0.3, -0.25) is 4.57 Å².